The van der Waals surface area contributed by atoms with Gasteiger partial charge >= 0.3 is 0 Å². The summed E-state index contributed by atoms with van der Waals surface area (Å²) in [6.45, 7) is 4.48. The van der Waals surface area contributed by atoms with Gasteiger partial charge in [-0.1, -0.05) is 61.5 Å². The largest absolute Gasteiger partial charge is 0.489 e. The van der Waals surface area contributed by atoms with E-state index in [0.29, 0.717) is 12.4 Å². The lowest BCUT2D eigenvalue weighted by atomic mass is 10.1. The molecule has 2 nitrogen and oxygen atoms in total. The summed E-state index contributed by atoms with van der Waals surface area (Å²) >= 11 is 0. The predicted octanol–water partition coefficient (Wildman–Crippen LogP) is 6.08. The van der Waals surface area contributed by atoms with Gasteiger partial charge in [0.15, 0.2) is 0 Å². The van der Waals surface area contributed by atoms with Gasteiger partial charge in [0.25, 0.3) is 0 Å². The van der Waals surface area contributed by atoms with E-state index in [1.54, 1.807) is 6.07 Å². The molecule has 3 aromatic rings. The molecule has 0 saturated heterocycles. The van der Waals surface area contributed by atoms with Crippen molar-refractivity contribution in [2.75, 3.05) is 6.54 Å². The Morgan fingerprint density at radius 1 is 0.793 bits per heavy atom. The first-order valence-corrected chi connectivity index (χ1v) is 10.5. The zero-order valence-corrected chi connectivity index (χ0v) is 17.2. The Balaban J connectivity index is 1.39. The van der Waals surface area contributed by atoms with E-state index in [4.69, 9.17) is 4.74 Å². The summed E-state index contributed by atoms with van der Waals surface area (Å²) in [7, 11) is 0. The Hall–Kier alpha value is -2.65. The van der Waals surface area contributed by atoms with Crippen LogP contribution in [0.25, 0.3) is 0 Å². The maximum atomic E-state index is 13.9. The summed E-state index contributed by atoms with van der Waals surface area (Å²) < 4.78 is 19.7. The van der Waals surface area contributed by atoms with Gasteiger partial charge in [0.1, 0.15) is 18.2 Å². The third-order valence-electron chi connectivity index (χ3n) is 4.98. The maximum Gasteiger partial charge on any atom is 0.127 e. The van der Waals surface area contributed by atoms with Gasteiger partial charge in [-0.05, 0) is 66.6 Å². The van der Waals surface area contributed by atoms with Crippen LogP contribution in [0.4, 0.5) is 4.39 Å². The van der Waals surface area contributed by atoms with Gasteiger partial charge in [0.05, 0.1) is 0 Å². The van der Waals surface area contributed by atoms with Gasteiger partial charge in [-0.15, -0.1) is 0 Å². The highest BCUT2D eigenvalue weighted by atomic mass is 19.1. The first kappa shape index (κ1) is 21.1. The van der Waals surface area contributed by atoms with Gasteiger partial charge in [0.2, 0.25) is 0 Å². The van der Waals surface area contributed by atoms with Crippen molar-refractivity contribution in [3.05, 3.63) is 101 Å². The van der Waals surface area contributed by atoms with Crippen LogP contribution in [0.3, 0.4) is 0 Å². The van der Waals surface area contributed by atoms with Gasteiger partial charge in [0, 0.05) is 12.6 Å². The van der Waals surface area contributed by atoms with Crippen molar-refractivity contribution in [2.45, 2.75) is 45.8 Å². The molecule has 0 unspecified atom stereocenters. The Morgan fingerprint density at radius 2 is 1.59 bits per heavy atom. The topological polar surface area (TPSA) is 21.3 Å². The number of ether oxygens (including phenoxy) is 1. The quantitative estimate of drug-likeness (QED) is 0.400. The lowest BCUT2D eigenvalue weighted by Gasteiger charge is -2.10. The highest BCUT2D eigenvalue weighted by molar-refractivity contribution is 5.30. The molecule has 3 rings (SSSR count). The number of unbranched alkanes of at least 4 members (excludes halogenated alkanes) is 1. The molecule has 0 amide bonds. The molecule has 3 heteroatoms. The average molecular weight is 392 g/mol. The van der Waals surface area contributed by atoms with Crippen LogP contribution in [0.2, 0.25) is 0 Å². The molecule has 0 spiro atoms. The van der Waals surface area contributed by atoms with E-state index in [0.717, 1.165) is 49.9 Å². The number of hydrogen-bond acceptors (Lipinski definition) is 2. The molecule has 3 aromatic carbocycles. The van der Waals surface area contributed by atoms with E-state index < -0.39 is 0 Å². The molecular formula is C26H30FNO. The van der Waals surface area contributed by atoms with Gasteiger partial charge < -0.3 is 10.1 Å². The van der Waals surface area contributed by atoms with Crippen molar-refractivity contribution in [1.29, 1.82) is 0 Å². The first-order chi connectivity index (χ1) is 14.2. The first-order valence-electron chi connectivity index (χ1n) is 10.5. The summed E-state index contributed by atoms with van der Waals surface area (Å²) in [5.41, 5.74) is 4.77. The lowest BCUT2D eigenvalue weighted by Crippen LogP contribution is -2.15. The molecular weight excluding hydrogens is 361 g/mol. The minimum absolute atomic E-state index is 0.237. The normalized spacial score (nSPS) is 10.8. The van der Waals surface area contributed by atoms with Crippen LogP contribution in [0.5, 0.6) is 5.75 Å². The second kappa shape index (κ2) is 11.4. The Bertz CT molecular complexity index is 879. The van der Waals surface area contributed by atoms with Crippen LogP contribution in [-0.4, -0.2) is 6.54 Å². The fourth-order valence-electron chi connectivity index (χ4n) is 3.36. The van der Waals surface area contributed by atoms with Gasteiger partial charge in [-0.25, -0.2) is 4.39 Å². The molecule has 0 saturated carbocycles. The number of rotatable bonds is 11. The lowest BCUT2D eigenvalue weighted by molar-refractivity contribution is 0.304. The molecule has 0 heterocycles. The summed E-state index contributed by atoms with van der Waals surface area (Å²) in [6.07, 6.45) is 4.00. The van der Waals surface area contributed by atoms with Gasteiger partial charge in [-0.3, -0.25) is 0 Å². The molecule has 0 atom stereocenters. The van der Waals surface area contributed by atoms with E-state index in [9.17, 15) is 4.39 Å². The van der Waals surface area contributed by atoms with Crippen molar-refractivity contribution in [3.8, 4) is 5.75 Å². The van der Waals surface area contributed by atoms with E-state index in [1.165, 1.54) is 17.2 Å². The summed E-state index contributed by atoms with van der Waals surface area (Å²) in [5, 5.41) is 3.50. The molecule has 1 N–H and O–H groups in total. The molecule has 0 aliphatic heterocycles. The van der Waals surface area contributed by atoms with Crippen molar-refractivity contribution >= 4 is 0 Å². The fourth-order valence-corrected chi connectivity index (χ4v) is 3.36. The molecule has 0 aliphatic rings. The standard InChI is InChI=1S/C26H30FNO/c1-2-21-12-8-13-24(15-21)19-28-14-7-6-11-23-16-25(27)18-26(17-23)29-20-22-9-4-3-5-10-22/h3-5,8-10,12-13,15-18,28H,2,6-7,11,14,19-20H2,1H3. The highest BCUT2D eigenvalue weighted by Crippen LogP contribution is 2.19. The van der Waals surface area contributed by atoms with Crippen molar-refractivity contribution in [2.24, 2.45) is 0 Å². The SMILES string of the molecule is CCc1cccc(CNCCCCc2cc(F)cc(OCc3ccccc3)c2)c1. The van der Waals surface area contributed by atoms with E-state index in [-0.39, 0.29) is 5.82 Å². The number of halogens is 1. The Morgan fingerprint density at radius 3 is 2.41 bits per heavy atom. The van der Waals surface area contributed by atoms with Crippen LogP contribution in [-0.2, 0) is 26.0 Å². The van der Waals surface area contributed by atoms with Crippen LogP contribution in [0.15, 0.2) is 72.8 Å². The van der Waals surface area contributed by atoms with Crippen LogP contribution < -0.4 is 10.1 Å². The van der Waals surface area contributed by atoms with E-state index >= 15 is 0 Å². The zero-order chi connectivity index (χ0) is 20.3. The maximum absolute atomic E-state index is 13.9. The summed E-state index contributed by atoms with van der Waals surface area (Å²) in [5.74, 6) is 0.359. The second-order valence-electron chi connectivity index (χ2n) is 7.38. The van der Waals surface area contributed by atoms with Crippen LogP contribution >= 0.6 is 0 Å². The third kappa shape index (κ3) is 7.35. The number of hydrogen-bond donors (Lipinski definition) is 1. The fraction of sp³-hybridized carbons (Fsp3) is 0.308. The molecule has 0 radical (unpaired) electrons. The smallest absolute Gasteiger partial charge is 0.127 e. The van der Waals surface area contributed by atoms with E-state index in [1.807, 2.05) is 36.4 Å². The molecule has 0 aliphatic carbocycles. The van der Waals surface area contributed by atoms with E-state index in [2.05, 4.69) is 36.5 Å². The summed E-state index contributed by atoms with van der Waals surface area (Å²) in [4.78, 5) is 0. The second-order valence-corrected chi connectivity index (χ2v) is 7.38. The molecule has 0 fully saturated rings. The predicted molar refractivity (Wildman–Crippen MR) is 118 cm³/mol. The summed E-state index contributed by atoms with van der Waals surface area (Å²) in [6, 6.07) is 23.7. The van der Waals surface area contributed by atoms with Crippen molar-refractivity contribution in [3.63, 3.8) is 0 Å². The van der Waals surface area contributed by atoms with Crippen molar-refractivity contribution < 1.29 is 9.13 Å². The Kier molecular flexibility index (Phi) is 8.26. The minimum Gasteiger partial charge on any atom is -0.489 e. The Labute approximate surface area is 173 Å². The van der Waals surface area contributed by atoms with Crippen molar-refractivity contribution in [1.82, 2.24) is 5.32 Å². The zero-order valence-electron chi connectivity index (χ0n) is 17.2. The number of nitrogens with one attached hydrogen (secondary N) is 1. The molecule has 0 bridgehead atoms. The minimum atomic E-state index is -0.237. The monoisotopic (exact) mass is 391 g/mol. The average Bonchev–Trinajstić information content (AvgIpc) is 2.75. The van der Waals surface area contributed by atoms with Crippen LogP contribution in [0, 0.1) is 5.82 Å². The number of aryl methyl sites for hydroxylation is 2. The van der Waals surface area contributed by atoms with Crippen LogP contribution in [0.1, 0.15) is 42.0 Å². The third-order valence-corrected chi connectivity index (χ3v) is 4.98. The van der Waals surface area contributed by atoms with Gasteiger partial charge in [-0.2, -0.15) is 0 Å². The molecule has 29 heavy (non-hydrogen) atoms. The highest BCUT2D eigenvalue weighted by Gasteiger charge is 2.03. The number of benzene rings is 3. The molecule has 0 aromatic heterocycles. The molecule has 152 valence electrons.